The smallest absolute Gasteiger partial charge is 0.164 e. The fraction of sp³-hybridized carbons (Fsp3) is 0.235. The summed E-state index contributed by atoms with van der Waals surface area (Å²) in [4.78, 5) is 15.1. The van der Waals surface area contributed by atoms with Crippen LogP contribution in [0.2, 0.25) is 0 Å². The first-order valence-electron chi connectivity index (χ1n) is 19.5. The number of para-hydroxylation sites is 1. The topological polar surface area (TPSA) is 65.0 Å². The van der Waals surface area contributed by atoms with Crippen LogP contribution in [0.4, 0.5) is 0 Å². The van der Waals surface area contributed by atoms with Crippen LogP contribution in [0.5, 0.6) is 0 Å². The predicted molar refractivity (Wildman–Crippen MR) is 232 cm³/mol. The van der Waals surface area contributed by atoms with Gasteiger partial charge in [-0.05, 0) is 75.4 Å². The molecule has 0 N–H and O–H groups in total. The van der Waals surface area contributed by atoms with Gasteiger partial charge in [0.25, 0.3) is 0 Å². The van der Waals surface area contributed by atoms with E-state index in [-0.39, 0.29) is 16.2 Å². The van der Waals surface area contributed by atoms with Gasteiger partial charge in [-0.15, -0.1) is 0 Å². The Balaban J connectivity index is 1.20. The van der Waals surface area contributed by atoms with Crippen LogP contribution in [0.3, 0.4) is 0 Å². The molecule has 0 spiro atoms. The molecular weight excluding hydrogens is 687 g/mol. The summed E-state index contributed by atoms with van der Waals surface area (Å²) < 4.78 is 13.1. The van der Waals surface area contributed by atoms with Crippen molar-refractivity contribution in [3.05, 3.63) is 138 Å². The van der Waals surface area contributed by atoms with Gasteiger partial charge in [0.15, 0.2) is 17.5 Å². The van der Waals surface area contributed by atoms with Crippen molar-refractivity contribution < 1.29 is 8.83 Å². The SMILES string of the molecule is CC(C)(C)c1cc(-c2ccc(-c3nc(-c4ccccc4)nc(-c4ccc5oc6ccccc6c5c4)n3)cc2)c2oc3c(C(C)(C)C)cc(C(C)(C)C)cc3c2c1. The van der Waals surface area contributed by atoms with Gasteiger partial charge in [0.1, 0.15) is 22.3 Å². The molecule has 0 aliphatic rings. The maximum atomic E-state index is 6.99. The molecule has 5 nitrogen and oxygen atoms in total. The number of hydrogen-bond acceptors (Lipinski definition) is 5. The summed E-state index contributed by atoms with van der Waals surface area (Å²) in [6.07, 6.45) is 0. The summed E-state index contributed by atoms with van der Waals surface area (Å²) in [7, 11) is 0. The van der Waals surface area contributed by atoms with Gasteiger partial charge in [-0.25, -0.2) is 15.0 Å². The summed E-state index contributed by atoms with van der Waals surface area (Å²) in [5.74, 6) is 1.84. The third-order valence-corrected chi connectivity index (χ3v) is 11.0. The Morgan fingerprint density at radius 3 is 1.54 bits per heavy atom. The molecule has 0 bridgehead atoms. The van der Waals surface area contributed by atoms with Crippen LogP contribution in [0.25, 0.3) is 89.2 Å². The number of rotatable bonds is 4. The van der Waals surface area contributed by atoms with Crippen molar-refractivity contribution in [1.82, 2.24) is 15.0 Å². The lowest BCUT2D eigenvalue weighted by Gasteiger charge is -2.25. The predicted octanol–water partition coefficient (Wildman–Crippen LogP) is 14.2. The van der Waals surface area contributed by atoms with E-state index >= 15 is 0 Å². The minimum absolute atomic E-state index is 0.00622. The molecule has 0 unspecified atom stereocenters. The quantitative estimate of drug-likeness (QED) is 0.180. The van der Waals surface area contributed by atoms with Crippen molar-refractivity contribution in [2.75, 3.05) is 0 Å². The minimum atomic E-state index is -0.0951. The third-order valence-electron chi connectivity index (χ3n) is 11.0. The van der Waals surface area contributed by atoms with E-state index in [9.17, 15) is 0 Å². The molecule has 3 heterocycles. The molecule has 0 radical (unpaired) electrons. The maximum absolute atomic E-state index is 6.99. The monoisotopic (exact) mass is 733 g/mol. The normalized spacial score (nSPS) is 12.7. The molecule has 9 rings (SSSR count). The third kappa shape index (κ3) is 6.25. The summed E-state index contributed by atoms with van der Waals surface area (Å²) in [5.41, 5.74) is 12.1. The molecule has 6 aromatic carbocycles. The zero-order valence-corrected chi connectivity index (χ0v) is 33.7. The highest BCUT2D eigenvalue weighted by Gasteiger charge is 2.28. The Morgan fingerprint density at radius 1 is 0.375 bits per heavy atom. The molecule has 0 fully saturated rings. The second-order valence-electron chi connectivity index (χ2n) is 18.2. The van der Waals surface area contributed by atoms with Gasteiger partial charge in [0, 0.05) is 49.4 Å². The van der Waals surface area contributed by atoms with Gasteiger partial charge in [-0.2, -0.15) is 0 Å². The van der Waals surface area contributed by atoms with Crippen molar-refractivity contribution in [3.8, 4) is 45.3 Å². The van der Waals surface area contributed by atoms with E-state index in [0.717, 1.165) is 66.3 Å². The number of aromatic nitrogens is 3. The van der Waals surface area contributed by atoms with E-state index in [2.05, 4.69) is 123 Å². The lowest BCUT2D eigenvalue weighted by Crippen LogP contribution is -2.16. The molecule has 0 aliphatic heterocycles. The van der Waals surface area contributed by atoms with Crippen LogP contribution in [0.1, 0.15) is 79.0 Å². The molecule has 5 heteroatoms. The molecule has 0 amide bonds. The second-order valence-corrected chi connectivity index (χ2v) is 18.2. The van der Waals surface area contributed by atoms with Crippen molar-refractivity contribution in [3.63, 3.8) is 0 Å². The van der Waals surface area contributed by atoms with Crippen LogP contribution >= 0.6 is 0 Å². The Bertz CT molecular complexity index is 2950. The second kappa shape index (κ2) is 12.7. The molecular formula is C51H47N3O2. The highest BCUT2D eigenvalue weighted by atomic mass is 16.3. The molecule has 0 atom stereocenters. The van der Waals surface area contributed by atoms with Gasteiger partial charge < -0.3 is 8.83 Å². The zero-order valence-electron chi connectivity index (χ0n) is 33.7. The number of hydrogen-bond donors (Lipinski definition) is 0. The van der Waals surface area contributed by atoms with Crippen LogP contribution in [0.15, 0.2) is 130 Å². The fourth-order valence-corrected chi connectivity index (χ4v) is 7.63. The minimum Gasteiger partial charge on any atom is -0.456 e. The van der Waals surface area contributed by atoms with Crippen molar-refractivity contribution in [1.29, 1.82) is 0 Å². The fourth-order valence-electron chi connectivity index (χ4n) is 7.63. The van der Waals surface area contributed by atoms with Crippen LogP contribution in [-0.2, 0) is 16.2 Å². The summed E-state index contributed by atoms with van der Waals surface area (Å²) in [5, 5.41) is 4.43. The first-order chi connectivity index (χ1) is 26.6. The van der Waals surface area contributed by atoms with E-state index in [1.165, 1.54) is 22.1 Å². The van der Waals surface area contributed by atoms with Gasteiger partial charge >= 0.3 is 0 Å². The number of fused-ring (bicyclic) bond motifs is 6. The molecule has 0 saturated heterocycles. The van der Waals surface area contributed by atoms with E-state index in [4.69, 9.17) is 23.8 Å². The first-order valence-corrected chi connectivity index (χ1v) is 19.5. The van der Waals surface area contributed by atoms with Crippen LogP contribution < -0.4 is 0 Å². The average molecular weight is 734 g/mol. The van der Waals surface area contributed by atoms with E-state index in [0.29, 0.717) is 17.5 Å². The standard InChI is InChI=1S/C51H47N3O2/c1-49(2,3)34-26-37(44-39(27-34)40-28-35(50(4,5)6)29-41(45(40)56-44)51(7,8)9)30-19-21-32(22-20-30)47-52-46(31-15-11-10-12-16-31)53-48(54-47)33-23-24-43-38(25-33)36-17-13-14-18-42(36)55-43/h10-29H,1-9H3. The van der Waals surface area contributed by atoms with Gasteiger partial charge in [0.05, 0.1) is 0 Å². The molecule has 0 saturated carbocycles. The van der Waals surface area contributed by atoms with E-state index in [1.54, 1.807) is 0 Å². The van der Waals surface area contributed by atoms with Gasteiger partial charge in [-0.1, -0.05) is 141 Å². The van der Waals surface area contributed by atoms with Crippen LogP contribution in [-0.4, -0.2) is 15.0 Å². The Kier molecular flexibility index (Phi) is 8.10. The molecule has 9 aromatic rings. The lowest BCUT2D eigenvalue weighted by molar-refractivity contribution is 0.559. The summed E-state index contributed by atoms with van der Waals surface area (Å²) in [6.45, 7) is 20.5. The average Bonchev–Trinajstić information content (AvgIpc) is 3.74. The number of nitrogens with zero attached hydrogens (tertiary/aromatic N) is 3. The van der Waals surface area contributed by atoms with Crippen molar-refractivity contribution in [2.24, 2.45) is 0 Å². The molecule has 3 aromatic heterocycles. The number of furan rings is 2. The zero-order chi connectivity index (χ0) is 39.1. The van der Waals surface area contributed by atoms with Gasteiger partial charge in [0.2, 0.25) is 0 Å². The molecule has 278 valence electrons. The first kappa shape index (κ1) is 35.6. The molecule has 0 aliphatic carbocycles. The highest BCUT2D eigenvalue weighted by Crippen LogP contribution is 2.44. The van der Waals surface area contributed by atoms with E-state index < -0.39 is 0 Å². The van der Waals surface area contributed by atoms with Gasteiger partial charge in [-0.3, -0.25) is 0 Å². The van der Waals surface area contributed by atoms with Crippen molar-refractivity contribution in [2.45, 2.75) is 78.6 Å². The largest absolute Gasteiger partial charge is 0.456 e. The lowest BCUT2D eigenvalue weighted by atomic mass is 9.79. The Hall–Kier alpha value is -6.07. The Morgan fingerprint density at radius 2 is 0.893 bits per heavy atom. The Labute approximate surface area is 328 Å². The van der Waals surface area contributed by atoms with Crippen molar-refractivity contribution >= 4 is 43.9 Å². The summed E-state index contributed by atoms with van der Waals surface area (Å²) in [6, 6.07) is 42.3. The van der Waals surface area contributed by atoms with Crippen LogP contribution in [0, 0.1) is 0 Å². The summed E-state index contributed by atoms with van der Waals surface area (Å²) >= 11 is 0. The maximum Gasteiger partial charge on any atom is 0.164 e. The number of benzene rings is 6. The van der Waals surface area contributed by atoms with E-state index in [1.807, 2.05) is 60.7 Å². The highest BCUT2D eigenvalue weighted by molar-refractivity contribution is 6.11. The molecule has 56 heavy (non-hydrogen) atoms.